The van der Waals surface area contributed by atoms with Gasteiger partial charge in [-0.25, -0.2) is 9.67 Å². The summed E-state index contributed by atoms with van der Waals surface area (Å²) >= 11 is 1.54. The van der Waals surface area contributed by atoms with Crippen LogP contribution < -0.4 is 5.32 Å². The minimum Gasteiger partial charge on any atom is -0.302 e. The Kier molecular flexibility index (Phi) is 4.72. The largest absolute Gasteiger partial charge is 0.302 e. The molecule has 0 aliphatic carbocycles. The molecule has 1 aliphatic heterocycles. The second kappa shape index (κ2) is 6.76. The first kappa shape index (κ1) is 16.1. The van der Waals surface area contributed by atoms with Gasteiger partial charge in [0.25, 0.3) is 0 Å². The zero-order valence-corrected chi connectivity index (χ0v) is 14.6. The molecule has 1 amide bonds. The fraction of sp³-hybridized carbons (Fsp3) is 0.600. The monoisotopic (exact) mass is 334 g/mol. The summed E-state index contributed by atoms with van der Waals surface area (Å²) in [6.45, 7) is 8.59. The van der Waals surface area contributed by atoms with Crippen molar-refractivity contribution >= 4 is 22.4 Å². The molecule has 7 nitrogen and oxygen atoms in total. The maximum Gasteiger partial charge on any atom is 0.223 e. The van der Waals surface area contributed by atoms with E-state index in [1.54, 1.807) is 0 Å². The molecule has 2 aromatic heterocycles. The number of carbonyl (C=O) groups is 1. The number of hydrogen-bond acceptors (Lipinski definition) is 6. The Morgan fingerprint density at radius 2 is 2.17 bits per heavy atom. The van der Waals surface area contributed by atoms with Crippen molar-refractivity contribution in [3.05, 3.63) is 22.5 Å². The molecule has 8 heteroatoms. The van der Waals surface area contributed by atoms with Gasteiger partial charge in [-0.1, -0.05) is 5.21 Å². The minimum absolute atomic E-state index is 0.0829. The Hall–Kier alpha value is -1.80. The molecule has 3 heterocycles. The van der Waals surface area contributed by atoms with Crippen LogP contribution >= 0.6 is 11.3 Å². The van der Waals surface area contributed by atoms with E-state index >= 15 is 0 Å². The van der Waals surface area contributed by atoms with Crippen molar-refractivity contribution in [2.24, 2.45) is 0 Å². The van der Waals surface area contributed by atoms with Crippen molar-refractivity contribution < 1.29 is 4.79 Å². The summed E-state index contributed by atoms with van der Waals surface area (Å²) in [5.74, 6) is -0.0829. The fourth-order valence-corrected chi connectivity index (χ4v) is 3.72. The summed E-state index contributed by atoms with van der Waals surface area (Å²) in [6, 6.07) is 0.347. The van der Waals surface area contributed by atoms with E-state index in [4.69, 9.17) is 0 Å². The molecule has 124 valence electrons. The average Bonchev–Trinajstić information content (AvgIpc) is 3.03. The highest BCUT2D eigenvalue weighted by Crippen LogP contribution is 2.22. The molecule has 0 saturated heterocycles. The normalized spacial score (nSPS) is 15.5. The summed E-state index contributed by atoms with van der Waals surface area (Å²) in [5.41, 5.74) is 2.40. The SMILES string of the molecule is CC(=O)Nc1ncc(CN2CCc3nnn(C(C)C)c3CC2)s1. The van der Waals surface area contributed by atoms with Gasteiger partial charge in [-0.2, -0.15) is 0 Å². The van der Waals surface area contributed by atoms with Gasteiger partial charge in [0, 0.05) is 56.5 Å². The molecule has 0 fully saturated rings. The smallest absolute Gasteiger partial charge is 0.223 e. The van der Waals surface area contributed by atoms with Gasteiger partial charge < -0.3 is 5.32 Å². The molecule has 23 heavy (non-hydrogen) atoms. The highest BCUT2D eigenvalue weighted by atomic mass is 32.1. The van der Waals surface area contributed by atoms with Crippen LogP contribution in [0.25, 0.3) is 0 Å². The van der Waals surface area contributed by atoms with Crippen molar-refractivity contribution in [3.8, 4) is 0 Å². The highest BCUT2D eigenvalue weighted by Gasteiger charge is 2.21. The van der Waals surface area contributed by atoms with Gasteiger partial charge >= 0.3 is 0 Å². The lowest BCUT2D eigenvalue weighted by Gasteiger charge is -2.18. The van der Waals surface area contributed by atoms with Crippen LogP contribution in [-0.2, 0) is 24.2 Å². The van der Waals surface area contributed by atoms with Gasteiger partial charge in [-0.3, -0.25) is 9.69 Å². The van der Waals surface area contributed by atoms with Crippen molar-refractivity contribution in [2.75, 3.05) is 18.4 Å². The van der Waals surface area contributed by atoms with E-state index in [1.807, 2.05) is 10.9 Å². The lowest BCUT2D eigenvalue weighted by molar-refractivity contribution is -0.114. The fourth-order valence-electron chi connectivity index (χ4n) is 2.82. The molecular formula is C15H22N6OS. The summed E-state index contributed by atoms with van der Waals surface area (Å²) < 4.78 is 2.04. The number of aromatic nitrogens is 4. The van der Waals surface area contributed by atoms with Crippen LogP contribution in [0.5, 0.6) is 0 Å². The number of carbonyl (C=O) groups excluding carboxylic acids is 1. The predicted molar refractivity (Wildman–Crippen MR) is 89.5 cm³/mol. The maximum absolute atomic E-state index is 11.1. The number of nitrogens with one attached hydrogen (secondary N) is 1. The van der Waals surface area contributed by atoms with E-state index < -0.39 is 0 Å². The molecule has 0 atom stereocenters. The summed E-state index contributed by atoms with van der Waals surface area (Å²) in [7, 11) is 0. The van der Waals surface area contributed by atoms with Crippen molar-refractivity contribution in [2.45, 2.75) is 46.2 Å². The zero-order chi connectivity index (χ0) is 16.4. The van der Waals surface area contributed by atoms with Gasteiger partial charge in [0.2, 0.25) is 5.91 Å². The van der Waals surface area contributed by atoms with Crippen molar-refractivity contribution in [1.82, 2.24) is 24.9 Å². The van der Waals surface area contributed by atoms with Crippen LogP contribution in [0.2, 0.25) is 0 Å². The first-order valence-corrected chi connectivity index (χ1v) is 8.72. The van der Waals surface area contributed by atoms with Crippen LogP contribution in [0.4, 0.5) is 5.13 Å². The van der Waals surface area contributed by atoms with Crippen molar-refractivity contribution in [1.29, 1.82) is 0 Å². The maximum atomic E-state index is 11.1. The Morgan fingerprint density at radius 3 is 2.91 bits per heavy atom. The van der Waals surface area contributed by atoms with Gasteiger partial charge in [-0.15, -0.1) is 16.4 Å². The van der Waals surface area contributed by atoms with E-state index in [0.29, 0.717) is 11.2 Å². The lowest BCUT2D eigenvalue weighted by Crippen LogP contribution is -2.26. The molecular weight excluding hydrogens is 312 g/mol. The van der Waals surface area contributed by atoms with Gasteiger partial charge in [-0.05, 0) is 13.8 Å². The molecule has 1 aliphatic rings. The number of amides is 1. The predicted octanol–water partition coefficient (Wildman–Crippen LogP) is 1.87. The number of hydrogen-bond donors (Lipinski definition) is 1. The highest BCUT2D eigenvalue weighted by molar-refractivity contribution is 7.15. The summed E-state index contributed by atoms with van der Waals surface area (Å²) in [5, 5.41) is 12.0. The molecule has 0 radical (unpaired) electrons. The zero-order valence-electron chi connectivity index (χ0n) is 13.7. The Bertz CT molecular complexity index is 692. The molecule has 0 unspecified atom stereocenters. The van der Waals surface area contributed by atoms with Gasteiger partial charge in [0.15, 0.2) is 5.13 Å². The standard InChI is InChI=1S/C15H22N6OS/c1-10(2)21-14-5-7-20(6-4-13(14)18-19-21)9-12-8-16-15(23-12)17-11(3)22/h8,10H,4-7,9H2,1-3H3,(H,16,17,22). The molecule has 1 N–H and O–H groups in total. The Labute approximate surface area is 139 Å². The van der Waals surface area contributed by atoms with E-state index in [9.17, 15) is 4.79 Å². The number of thiazole rings is 1. The summed E-state index contributed by atoms with van der Waals surface area (Å²) in [4.78, 5) is 18.9. The van der Waals surface area contributed by atoms with E-state index in [-0.39, 0.29) is 5.91 Å². The number of anilines is 1. The third-order valence-corrected chi connectivity index (χ3v) is 4.80. The van der Waals surface area contributed by atoms with Gasteiger partial charge in [0.05, 0.1) is 11.4 Å². The molecule has 3 rings (SSSR count). The third-order valence-electron chi connectivity index (χ3n) is 3.91. The van der Waals surface area contributed by atoms with E-state index in [0.717, 1.165) is 43.0 Å². The molecule has 0 bridgehead atoms. The minimum atomic E-state index is -0.0829. The van der Waals surface area contributed by atoms with Gasteiger partial charge in [0.1, 0.15) is 0 Å². The van der Waals surface area contributed by atoms with Crippen LogP contribution in [0, 0.1) is 0 Å². The average molecular weight is 334 g/mol. The van der Waals surface area contributed by atoms with Crippen LogP contribution in [-0.4, -0.2) is 43.9 Å². The van der Waals surface area contributed by atoms with E-state index in [1.165, 1.54) is 24.0 Å². The van der Waals surface area contributed by atoms with E-state index in [2.05, 4.69) is 39.4 Å². The third kappa shape index (κ3) is 3.76. The van der Waals surface area contributed by atoms with Crippen LogP contribution in [0.3, 0.4) is 0 Å². The molecule has 0 saturated carbocycles. The lowest BCUT2D eigenvalue weighted by atomic mass is 10.2. The molecule has 0 spiro atoms. The van der Waals surface area contributed by atoms with Crippen molar-refractivity contribution in [3.63, 3.8) is 0 Å². The number of nitrogens with zero attached hydrogens (tertiary/aromatic N) is 5. The first-order chi connectivity index (χ1) is 11.0. The quantitative estimate of drug-likeness (QED) is 0.924. The second-order valence-electron chi connectivity index (χ2n) is 6.11. The number of rotatable bonds is 4. The topological polar surface area (TPSA) is 75.9 Å². The molecule has 2 aromatic rings. The van der Waals surface area contributed by atoms with Crippen LogP contribution in [0.1, 0.15) is 43.1 Å². The van der Waals surface area contributed by atoms with Crippen LogP contribution in [0.15, 0.2) is 6.20 Å². The number of fused-ring (bicyclic) bond motifs is 1. The first-order valence-electron chi connectivity index (χ1n) is 7.90. The Morgan fingerprint density at radius 1 is 1.39 bits per heavy atom. The second-order valence-corrected chi connectivity index (χ2v) is 7.23. The summed E-state index contributed by atoms with van der Waals surface area (Å²) in [6.07, 6.45) is 3.75. The Balaban J connectivity index is 1.63. The molecule has 0 aromatic carbocycles.